The van der Waals surface area contributed by atoms with Crippen LogP contribution in [-0.2, 0) is 9.59 Å². The summed E-state index contributed by atoms with van der Waals surface area (Å²) in [5.74, 6) is -2.96. The number of H-pyrrole nitrogens is 1. The number of carbonyl (C=O) groups is 2. The molecule has 1 aromatic rings. The molecule has 1 fully saturated rings. The molecule has 1 amide bonds. The normalized spacial score (nSPS) is 20.9. The van der Waals surface area contributed by atoms with Gasteiger partial charge in [0.05, 0.1) is 0 Å². The van der Waals surface area contributed by atoms with Gasteiger partial charge in [0.1, 0.15) is 5.92 Å². The Kier molecular flexibility index (Phi) is 3.17. The molecule has 18 heavy (non-hydrogen) atoms. The third-order valence-electron chi connectivity index (χ3n) is 3.08. The summed E-state index contributed by atoms with van der Waals surface area (Å²) in [6.07, 6.45) is 0.626. The van der Waals surface area contributed by atoms with Gasteiger partial charge in [-0.25, -0.2) is 4.79 Å². The highest BCUT2D eigenvalue weighted by atomic mass is 16.5. The van der Waals surface area contributed by atoms with Crippen molar-refractivity contribution in [1.29, 1.82) is 0 Å². The fourth-order valence-electron chi connectivity index (χ4n) is 1.98. The molecule has 2 atom stereocenters. The zero-order valence-corrected chi connectivity index (χ0v) is 9.75. The van der Waals surface area contributed by atoms with E-state index in [-0.39, 0.29) is 5.92 Å². The summed E-state index contributed by atoms with van der Waals surface area (Å²) in [4.78, 5) is 37.3. The standard InChI is InChI=1S/C10H13N3O5/c1-5(9(15)16)8(14)13-3-2-6(4-13)7-11-10(17)18-12-7/h5-6H,2-4H2,1H3,(H,15,16)(H,11,12,17). The van der Waals surface area contributed by atoms with E-state index < -0.39 is 23.6 Å². The monoisotopic (exact) mass is 255 g/mol. The minimum atomic E-state index is -1.14. The lowest BCUT2D eigenvalue weighted by atomic mass is 10.1. The highest BCUT2D eigenvalue weighted by Gasteiger charge is 2.33. The molecule has 0 aromatic carbocycles. The molecule has 0 bridgehead atoms. The maximum atomic E-state index is 11.8. The SMILES string of the molecule is CC(C(=O)O)C(=O)N1CCC(c2noc(=O)[nH]2)C1. The molecule has 8 heteroatoms. The fourth-order valence-corrected chi connectivity index (χ4v) is 1.98. The van der Waals surface area contributed by atoms with Crippen molar-refractivity contribution in [2.24, 2.45) is 5.92 Å². The van der Waals surface area contributed by atoms with Crippen LogP contribution in [0.2, 0.25) is 0 Å². The van der Waals surface area contributed by atoms with Crippen LogP contribution in [0.15, 0.2) is 9.32 Å². The van der Waals surface area contributed by atoms with E-state index in [1.807, 2.05) is 0 Å². The van der Waals surface area contributed by atoms with Gasteiger partial charge in [0.25, 0.3) is 0 Å². The molecular weight excluding hydrogens is 242 g/mol. The lowest BCUT2D eigenvalue weighted by Gasteiger charge is -2.18. The quantitative estimate of drug-likeness (QED) is 0.696. The molecule has 1 aliphatic rings. The molecule has 2 rings (SSSR count). The number of aliphatic carboxylic acids is 1. The number of carbonyl (C=O) groups excluding carboxylic acids is 1. The lowest BCUT2D eigenvalue weighted by Crippen LogP contribution is -2.36. The van der Waals surface area contributed by atoms with Gasteiger partial charge in [-0.1, -0.05) is 5.16 Å². The van der Waals surface area contributed by atoms with Crippen LogP contribution in [0.3, 0.4) is 0 Å². The molecule has 1 saturated heterocycles. The molecule has 0 spiro atoms. The molecule has 2 unspecified atom stereocenters. The zero-order valence-electron chi connectivity index (χ0n) is 9.75. The molecule has 0 saturated carbocycles. The molecule has 0 radical (unpaired) electrons. The Bertz CT molecular complexity index is 520. The fraction of sp³-hybridized carbons (Fsp3) is 0.600. The number of nitrogens with one attached hydrogen (secondary N) is 1. The highest BCUT2D eigenvalue weighted by Crippen LogP contribution is 2.25. The Morgan fingerprint density at radius 3 is 2.89 bits per heavy atom. The Hall–Kier alpha value is -2.12. The van der Waals surface area contributed by atoms with E-state index in [0.717, 1.165) is 0 Å². The van der Waals surface area contributed by atoms with E-state index in [2.05, 4.69) is 14.7 Å². The first kappa shape index (κ1) is 12.3. The van der Waals surface area contributed by atoms with Gasteiger partial charge >= 0.3 is 11.7 Å². The number of amides is 1. The Labute approximate surface area is 102 Å². The molecule has 8 nitrogen and oxygen atoms in total. The molecular formula is C10H13N3O5. The minimum absolute atomic E-state index is 0.110. The van der Waals surface area contributed by atoms with E-state index in [9.17, 15) is 14.4 Å². The highest BCUT2D eigenvalue weighted by molar-refractivity contribution is 5.96. The second-order valence-electron chi connectivity index (χ2n) is 4.31. The minimum Gasteiger partial charge on any atom is -0.481 e. The number of nitrogens with zero attached hydrogens (tertiary/aromatic N) is 2. The zero-order chi connectivity index (χ0) is 13.3. The smallest absolute Gasteiger partial charge is 0.438 e. The van der Waals surface area contributed by atoms with E-state index in [4.69, 9.17) is 5.11 Å². The molecule has 1 aromatic heterocycles. The topological polar surface area (TPSA) is 116 Å². The molecule has 1 aliphatic heterocycles. The number of carboxylic acid groups (broad SMARTS) is 1. The van der Waals surface area contributed by atoms with Crippen molar-refractivity contribution in [2.75, 3.05) is 13.1 Å². The number of likely N-dealkylation sites (tertiary alicyclic amines) is 1. The van der Waals surface area contributed by atoms with Crippen LogP contribution in [0.4, 0.5) is 0 Å². The van der Waals surface area contributed by atoms with Crippen LogP contribution in [0.5, 0.6) is 0 Å². The maximum absolute atomic E-state index is 11.8. The van der Waals surface area contributed by atoms with Gasteiger partial charge < -0.3 is 10.0 Å². The summed E-state index contributed by atoms with van der Waals surface area (Å²) in [5, 5.41) is 12.4. The van der Waals surface area contributed by atoms with Gasteiger partial charge in [-0.2, -0.15) is 0 Å². The van der Waals surface area contributed by atoms with Crippen LogP contribution in [0.1, 0.15) is 25.1 Å². The summed E-state index contributed by atoms with van der Waals surface area (Å²) >= 11 is 0. The van der Waals surface area contributed by atoms with Crippen molar-refractivity contribution >= 4 is 11.9 Å². The number of carboxylic acids is 1. The lowest BCUT2D eigenvalue weighted by molar-refractivity contribution is -0.149. The predicted molar refractivity (Wildman–Crippen MR) is 57.9 cm³/mol. The molecule has 98 valence electrons. The third-order valence-corrected chi connectivity index (χ3v) is 3.08. The number of aromatic nitrogens is 2. The molecule has 0 aliphatic carbocycles. The van der Waals surface area contributed by atoms with E-state index in [1.165, 1.54) is 11.8 Å². The van der Waals surface area contributed by atoms with Gasteiger partial charge in [-0.15, -0.1) is 0 Å². The van der Waals surface area contributed by atoms with Gasteiger partial charge in [0.2, 0.25) is 5.91 Å². The van der Waals surface area contributed by atoms with Crippen LogP contribution in [0, 0.1) is 5.92 Å². The van der Waals surface area contributed by atoms with Crippen LogP contribution in [0.25, 0.3) is 0 Å². The number of hydrogen-bond acceptors (Lipinski definition) is 5. The number of aromatic amines is 1. The second kappa shape index (κ2) is 4.63. The van der Waals surface area contributed by atoms with Crippen molar-refractivity contribution in [2.45, 2.75) is 19.3 Å². The van der Waals surface area contributed by atoms with Crippen molar-refractivity contribution in [3.8, 4) is 0 Å². The Balaban J connectivity index is 2.02. The Morgan fingerprint density at radius 1 is 1.61 bits per heavy atom. The summed E-state index contributed by atoms with van der Waals surface area (Å²) in [5.41, 5.74) is 0. The summed E-state index contributed by atoms with van der Waals surface area (Å²) in [6.45, 7) is 2.16. The molecule has 2 heterocycles. The summed E-state index contributed by atoms with van der Waals surface area (Å²) < 4.78 is 4.40. The number of rotatable bonds is 3. The average molecular weight is 255 g/mol. The van der Waals surface area contributed by atoms with E-state index in [0.29, 0.717) is 25.3 Å². The largest absolute Gasteiger partial charge is 0.481 e. The van der Waals surface area contributed by atoms with Crippen molar-refractivity contribution < 1.29 is 19.2 Å². The van der Waals surface area contributed by atoms with Crippen molar-refractivity contribution in [3.05, 3.63) is 16.4 Å². The average Bonchev–Trinajstić information content (AvgIpc) is 2.95. The first-order chi connectivity index (χ1) is 8.49. The Morgan fingerprint density at radius 2 is 2.33 bits per heavy atom. The summed E-state index contributed by atoms with van der Waals surface area (Å²) in [6, 6.07) is 0. The van der Waals surface area contributed by atoms with Crippen molar-refractivity contribution in [3.63, 3.8) is 0 Å². The van der Waals surface area contributed by atoms with E-state index >= 15 is 0 Å². The maximum Gasteiger partial charge on any atom is 0.438 e. The van der Waals surface area contributed by atoms with Crippen LogP contribution >= 0.6 is 0 Å². The molecule has 2 N–H and O–H groups in total. The van der Waals surface area contributed by atoms with Crippen LogP contribution < -0.4 is 5.76 Å². The summed E-state index contributed by atoms with van der Waals surface area (Å²) in [7, 11) is 0. The van der Waals surface area contributed by atoms with Crippen molar-refractivity contribution in [1.82, 2.24) is 15.0 Å². The van der Waals surface area contributed by atoms with Gasteiger partial charge in [0.15, 0.2) is 5.82 Å². The van der Waals surface area contributed by atoms with Gasteiger partial charge in [0, 0.05) is 19.0 Å². The van der Waals surface area contributed by atoms with Crippen LogP contribution in [-0.4, -0.2) is 45.1 Å². The second-order valence-corrected chi connectivity index (χ2v) is 4.31. The number of hydrogen-bond donors (Lipinski definition) is 2. The third kappa shape index (κ3) is 2.27. The first-order valence-electron chi connectivity index (χ1n) is 5.56. The van der Waals surface area contributed by atoms with Gasteiger partial charge in [-0.3, -0.25) is 19.1 Å². The van der Waals surface area contributed by atoms with Gasteiger partial charge in [-0.05, 0) is 13.3 Å². The predicted octanol–water partition coefficient (Wildman–Crippen LogP) is -0.600. The van der Waals surface area contributed by atoms with E-state index in [1.54, 1.807) is 0 Å². The first-order valence-corrected chi connectivity index (χ1v) is 5.56.